The van der Waals surface area contributed by atoms with Gasteiger partial charge >= 0.3 is 5.97 Å². The average Bonchev–Trinajstić information content (AvgIpc) is 3.03. The number of nitrogens with one attached hydrogen (secondary N) is 1. The molecule has 2 aromatic carbocycles. The molecule has 0 unspecified atom stereocenters. The monoisotopic (exact) mass is 487 g/mol. The standard InChI is InChI=1S/C27H25N3O4S/c1-14-8-15(2)10-21(9-14)30-25(32)22(24(31)28-27(30)35)12-20-11-17(4)29(18(20)5)23-13-19(26(33)34)7-6-16(23)3/h6-13H,1-5H3,(H,33,34)(H,28,31,35)/b22-12+. The number of hydrogen-bond donors (Lipinski definition) is 2. The van der Waals surface area contributed by atoms with E-state index in [9.17, 15) is 19.5 Å². The average molecular weight is 488 g/mol. The number of aromatic nitrogens is 1. The van der Waals surface area contributed by atoms with Gasteiger partial charge in [0.05, 0.1) is 11.3 Å². The van der Waals surface area contributed by atoms with Crippen molar-refractivity contribution in [1.82, 2.24) is 9.88 Å². The van der Waals surface area contributed by atoms with Crippen LogP contribution in [0.25, 0.3) is 11.8 Å². The molecule has 0 spiro atoms. The predicted molar refractivity (Wildman–Crippen MR) is 139 cm³/mol. The van der Waals surface area contributed by atoms with Crippen LogP contribution in [0, 0.1) is 34.6 Å². The van der Waals surface area contributed by atoms with Crippen molar-refractivity contribution in [2.75, 3.05) is 4.90 Å². The molecule has 1 aliphatic heterocycles. The number of aryl methyl sites for hydroxylation is 4. The third-order valence-corrected chi connectivity index (χ3v) is 6.32. The van der Waals surface area contributed by atoms with Crippen LogP contribution in [0.15, 0.2) is 48.0 Å². The third kappa shape index (κ3) is 4.40. The Labute approximate surface area is 208 Å². The Morgan fingerprint density at radius 3 is 2.26 bits per heavy atom. The Morgan fingerprint density at radius 1 is 0.971 bits per heavy atom. The van der Waals surface area contributed by atoms with Gasteiger partial charge in [-0.25, -0.2) is 4.79 Å². The summed E-state index contributed by atoms with van der Waals surface area (Å²) in [7, 11) is 0. The summed E-state index contributed by atoms with van der Waals surface area (Å²) in [6.07, 6.45) is 1.56. The third-order valence-electron chi connectivity index (χ3n) is 6.03. The minimum absolute atomic E-state index is 0.0333. The first-order chi connectivity index (χ1) is 16.5. The highest BCUT2D eigenvalue weighted by Crippen LogP contribution is 2.28. The zero-order chi connectivity index (χ0) is 25.6. The number of carboxylic acids is 1. The van der Waals surface area contributed by atoms with Crippen molar-refractivity contribution >= 4 is 46.9 Å². The van der Waals surface area contributed by atoms with E-state index >= 15 is 0 Å². The van der Waals surface area contributed by atoms with E-state index < -0.39 is 17.8 Å². The molecule has 7 nitrogen and oxygen atoms in total. The van der Waals surface area contributed by atoms with E-state index in [1.807, 2.05) is 63.5 Å². The van der Waals surface area contributed by atoms with E-state index in [0.29, 0.717) is 11.3 Å². The fourth-order valence-electron chi connectivity index (χ4n) is 4.41. The van der Waals surface area contributed by atoms with Crippen LogP contribution >= 0.6 is 12.2 Å². The number of nitrogens with zero attached hydrogens (tertiary/aromatic N) is 2. The molecule has 0 radical (unpaired) electrons. The molecule has 2 amide bonds. The van der Waals surface area contributed by atoms with Crippen molar-refractivity contribution in [3.8, 4) is 5.69 Å². The number of hydrogen-bond acceptors (Lipinski definition) is 4. The molecule has 8 heteroatoms. The lowest BCUT2D eigenvalue weighted by molar-refractivity contribution is -0.122. The summed E-state index contributed by atoms with van der Waals surface area (Å²) in [6, 6.07) is 12.5. The Balaban J connectivity index is 1.80. The second-order valence-corrected chi connectivity index (χ2v) is 9.16. The van der Waals surface area contributed by atoms with Crippen molar-refractivity contribution in [3.63, 3.8) is 0 Å². The molecule has 0 bridgehead atoms. The van der Waals surface area contributed by atoms with Crippen LogP contribution in [0.1, 0.15) is 44.0 Å². The zero-order valence-corrected chi connectivity index (χ0v) is 20.9. The topological polar surface area (TPSA) is 91.6 Å². The van der Waals surface area contributed by atoms with Crippen LogP contribution in [0.3, 0.4) is 0 Å². The minimum Gasteiger partial charge on any atom is -0.478 e. The Bertz CT molecular complexity index is 1450. The highest BCUT2D eigenvalue weighted by molar-refractivity contribution is 7.80. The number of rotatable bonds is 4. The van der Waals surface area contributed by atoms with E-state index in [-0.39, 0.29) is 16.2 Å². The summed E-state index contributed by atoms with van der Waals surface area (Å²) in [4.78, 5) is 39.1. The van der Waals surface area contributed by atoms with Crippen molar-refractivity contribution in [2.45, 2.75) is 34.6 Å². The van der Waals surface area contributed by atoms with Gasteiger partial charge in [0.25, 0.3) is 11.8 Å². The van der Waals surface area contributed by atoms with Gasteiger partial charge in [0.1, 0.15) is 5.57 Å². The maximum Gasteiger partial charge on any atom is 0.335 e. The Hall–Kier alpha value is -4.04. The van der Waals surface area contributed by atoms with Gasteiger partial charge in [-0.1, -0.05) is 12.1 Å². The fourth-order valence-corrected chi connectivity index (χ4v) is 4.70. The number of carboxylic acid groups (broad SMARTS) is 1. The van der Waals surface area contributed by atoms with E-state index in [2.05, 4.69) is 5.32 Å². The number of thiocarbonyl (C=S) groups is 1. The van der Waals surface area contributed by atoms with E-state index in [1.54, 1.807) is 24.3 Å². The summed E-state index contributed by atoms with van der Waals surface area (Å²) >= 11 is 5.32. The van der Waals surface area contributed by atoms with Gasteiger partial charge in [0.2, 0.25) is 0 Å². The van der Waals surface area contributed by atoms with Crippen LogP contribution < -0.4 is 10.2 Å². The van der Waals surface area contributed by atoms with E-state index in [4.69, 9.17) is 12.2 Å². The van der Waals surface area contributed by atoms with Crippen LogP contribution in [0.5, 0.6) is 0 Å². The Morgan fingerprint density at radius 2 is 1.63 bits per heavy atom. The molecule has 0 aliphatic carbocycles. The van der Waals surface area contributed by atoms with E-state index in [0.717, 1.165) is 33.8 Å². The molecule has 3 aromatic rings. The normalized spacial score (nSPS) is 15.1. The molecular weight excluding hydrogens is 462 g/mol. The minimum atomic E-state index is -1.01. The molecule has 0 saturated carbocycles. The second kappa shape index (κ2) is 8.96. The van der Waals surface area contributed by atoms with Gasteiger partial charge in [0.15, 0.2) is 5.11 Å². The van der Waals surface area contributed by atoms with Crippen LogP contribution in [-0.4, -0.2) is 32.6 Å². The molecule has 2 N–H and O–H groups in total. The van der Waals surface area contributed by atoms with Crippen LogP contribution in [-0.2, 0) is 9.59 Å². The molecule has 4 rings (SSSR count). The maximum absolute atomic E-state index is 13.5. The van der Waals surface area contributed by atoms with Crippen molar-refractivity contribution in [2.24, 2.45) is 0 Å². The molecule has 35 heavy (non-hydrogen) atoms. The number of anilines is 1. The summed E-state index contributed by atoms with van der Waals surface area (Å²) in [5.74, 6) is -2.07. The lowest BCUT2D eigenvalue weighted by atomic mass is 10.1. The maximum atomic E-state index is 13.5. The van der Waals surface area contributed by atoms with Crippen LogP contribution in [0.2, 0.25) is 0 Å². The SMILES string of the molecule is Cc1cc(C)cc(N2C(=O)/C(=C/c3cc(C)n(-c4cc(C(=O)O)ccc4C)c3C)C(=O)NC2=S)c1. The zero-order valence-electron chi connectivity index (χ0n) is 20.1. The van der Waals surface area contributed by atoms with Gasteiger partial charge < -0.3 is 9.67 Å². The highest BCUT2D eigenvalue weighted by Gasteiger charge is 2.35. The molecule has 1 aliphatic rings. The molecule has 1 fully saturated rings. The molecule has 2 heterocycles. The van der Waals surface area contributed by atoms with Gasteiger partial charge in [0, 0.05) is 17.1 Å². The highest BCUT2D eigenvalue weighted by atomic mass is 32.1. The number of amides is 2. The number of aromatic carboxylic acids is 1. The molecule has 178 valence electrons. The summed E-state index contributed by atoms with van der Waals surface area (Å²) < 4.78 is 1.92. The first kappa shape index (κ1) is 24.1. The van der Waals surface area contributed by atoms with Gasteiger partial charge in [-0.05, 0) is 105 Å². The van der Waals surface area contributed by atoms with E-state index in [1.165, 1.54) is 4.90 Å². The smallest absolute Gasteiger partial charge is 0.335 e. The molecule has 0 atom stereocenters. The summed E-state index contributed by atoms with van der Waals surface area (Å²) in [6.45, 7) is 9.52. The van der Waals surface area contributed by atoms with Gasteiger partial charge in [-0.2, -0.15) is 0 Å². The first-order valence-electron chi connectivity index (χ1n) is 11.0. The largest absolute Gasteiger partial charge is 0.478 e. The molecule has 1 saturated heterocycles. The van der Waals surface area contributed by atoms with Gasteiger partial charge in [-0.15, -0.1) is 0 Å². The number of carbonyl (C=O) groups is 3. The Kier molecular flexibility index (Phi) is 6.17. The van der Waals surface area contributed by atoms with Crippen molar-refractivity contribution in [3.05, 3.63) is 87.2 Å². The van der Waals surface area contributed by atoms with Crippen molar-refractivity contribution in [1.29, 1.82) is 0 Å². The quantitative estimate of drug-likeness (QED) is 0.320. The molecular formula is C27H25N3O4S. The summed E-state index contributed by atoms with van der Waals surface area (Å²) in [5.41, 5.74) is 6.59. The lowest BCUT2D eigenvalue weighted by Gasteiger charge is -2.29. The number of benzene rings is 2. The summed E-state index contributed by atoms with van der Waals surface area (Å²) in [5, 5.41) is 12.1. The first-order valence-corrected chi connectivity index (χ1v) is 11.4. The van der Waals surface area contributed by atoms with Gasteiger partial charge in [-0.3, -0.25) is 19.8 Å². The second-order valence-electron chi connectivity index (χ2n) is 8.77. The van der Waals surface area contributed by atoms with Crippen LogP contribution in [0.4, 0.5) is 5.69 Å². The fraction of sp³-hybridized carbons (Fsp3) is 0.185. The molecule has 1 aromatic heterocycles. The lowest BCUT2D eigenvalue weighted by Crippen LogP contribution is -2.54. The number of carbonyl (C=O) groups excluding carboxylic acids is 2. The predicted octanol–water partition coefficient (Wildman–Crippen LogP) is 4.55. The van der Waals surface area contributed by atoms with Crippen molar-refractivity contribution < 1.29 is 19.5 Å².